The molecular formula is C11H14N4O2. The Morgan fingerprint density at radius 1 is 1.47 bits per heavy atom. The molecule has 0 saturated carbocycles. The molecule has 90 valence electrons. The highest BCUT2D eigenvalue weighted by atomic mass is 16.1. The summed E-state index contributed by atoms with van der Waals surface area (Å²) >= 11 is 0. The first-order valence-corrected chi connectivity index (χ1v) is 4.94. The van der Waals surface area contributed by atoms with Gasteiger partial charge in [0.05, 0.1) is 5.70 Å². The topological polar surface area (TPSA) is 103 Å². The highest BCUT2D eigenvalue weighted by Crippen LogP contribution is 1.89. The molecule has 0 aliphatic carbocycles. The third-order valence-electron chi connectivity index (χ3n) is 2.02. The predicted molar refractivity (Wildman–Crippen MR) is 65.3 cm³/mol. The molecule has 0 bridgehead atoms. The number of carbonyl (C=O) groups excluding carboxylic acids is 1. The van der Waals surface area contributed by atoms with Crippen LogP contribution in [-0.2, 0) is 11.5 Å². The van der Waals surface area contributed by atoms with E-state index in [9.17, 15) is 9.59 Å². The van der Waals surface area contributed by atoms with Crippen LogP contribution in [0, 0.1) is 0 Å². The average Bonchev–Trinajstić information content (AvgIpc) is 2.27. The summed E-state index contributed by atoms with van der Waals surface area (Å²) in [6.07, 6.45) is 3.00. The zero-order valence-corrected chi connectivity index (χ0v) is 9.46. The number of amides is 1. The Hall–Kier alpha value is -2.37. The van der Waals surface area contributed by atoms with Crippen LogP contribution in [0.1, 0.15) is 6.92 Å². The molecule has 0 atom stereocenters. The molecular weight excluding hydrogens is 220 g/mol. The predicted octanol–water partition coefficient (Wildman–Crippen LogP) is -0.405. The van der Waals surface area contributed by atoms with Crippen molar-refractivity contribution in [2.75, 3.05) is 0 Å². The SMILES string of the molecule is CC(C=C(N)C(N)=O)=NCn1ccccc1=O. The van der Waals surface area contributed by atoms with E-state index >= 15 is 0 Å². The van der Waals surface area contributed by atoms with Gasteiger partial charge in [-0.15, -0.1) is 0 Å². The van der Waals surface area contributed by atoms with Crippen molar-refractivity contribution in [2.45, 2.75) is 13.6 Å². The molecule has 17 heavy (non-hydrogen) atoms. The first-order valence-electron chi connectivity index (χ1n) is 4.94. The number of aliphatic imine (C=N–C) groups is 1. The van der Waals surface area contributed by atoms with Crippen molar-refractivity contribution in [3.05, 3.63) is 46.5 Å². The standard InChI is InChI=1S/C11H14N4O2/c1-8(6-9(12)11(13)17)14-7-15-5-3-2-4-10(15)16/h2-6H,7,12H2,1H3,(H2,13,17). The highest BCUT2D eigenvalue weighted by Gasteiger charge is 1.98. The number of nitrogens with two attached hydrogens (primary N) is 2. The van der Waals surface area contributed by atoms with Crippen molar-refractivity contribution in [1.29, 1.82) is 0 Å². The van der Waals surface area contributed by atoms with Crippen LogP contribution in [0.4, 0.5) is 0 Å². The summed E-state index contributed by atoms with van der Waals surface area (Å²) < 4.78 is 1.43. The van der Waals surface area contributed by atoms with Crippen LogP contribution in [0.2, 0.25) is 0 Å². The molecule has 0 saturated heterocycles. The Bertz CT molecular complexity index is 528. The lowest BCUT2D eigenvalue weighted by Gasteiger charge is -2.01. The molecule has 6 heteroatoms. The van der Waals surface area contributed by atoms with Gasteiger partial charge < -0.3 is 11.5 Å². The summed E-state index contributed by atoms with van der Waals surface area (Å²) in [4.78, 5) is 26.1. The van der Waals surface area contributed by atoms with E-state index in [0.29, 0.717) is 5.71 Å². The largest absolute Gasteiger partial charge is 0.394 e. The third kappa shape index (κ3) is 3.94. The molecule has 1 rings (SSSR count). The van der Waals surface area contributed by atoms with E-state index in [1.54, 1.807) is 25.3 Å². The Balaban J connectivity index is 2.79. The number of carbonyl (C=O) groups is 1. The highest BCUT2D eigenvalue weighted by molar-refractivity contribution is 6.01. The lowest BCUT2D eigenvalue weighted by molar-refractivity contribution is -0.114. The third-order valence-corrected chi connectivity index (χ3v) is 2.02. The van der Waals surface area contributed by atoms with Crippen LogP contribution < -0.4 is 17.0 Å². The number of nitrogens with zero attached hydrogens (tertiary/aromatic N) is 2. The molecule has 4 N–H and O–H groups in total. The monoisotopic (exact) mass is 234 g/mol. The molecule has 1 aromatic heterocycles. The van der Waals surface area contributed by atoms with Crippen molar-refractivity contribution in [3.8, 4) is 0 Å². The Morgan fingerprint density at radius 2 is 2.18 bits per heavy atom. The summed E-state index contributed by atoms with van der Waals surface area (Å²) in [6, 6.07) is 4.83. The Kier molecular flexibility index (Phi) is 4.21. The first-order chi connectivity index (χ1) is 8.00. The van der Waals surface area contributed by atoms with Crippen molar-refractivity contribution in [3.63, 3.8) is 0 Å². The summed E-state index contributed by atoms with van der Waals surface area (Å²) in [5, 5.41) is 0. The maximum absolute atomic E-state index is 11.3. The number of allylic oxidation sites excluding steroid dienone is 1. The van der Waals surface area contributed by atoms with Crippen LogP contribution in [-0.4, -0.2) is 16.2 Å². The fourth-order valence-corrected chi connectivity index (χ4v) is 1.11. The summed E-state index contributed by atoms with van der Waals surface area (Å²) in [5.74, 6) is -0.698. The van der Waals surface area contributed by atoms with Gasteiger partial charge in [0.25, 0.3) is 11.5 Å². The second kappa shape index (κ2) is 5.64. The molecule has 0 aliphatic rings. The van der Waals surface area contributed by atoms with Crippen LogP contribution in [0.3, 0.4) is 0 Å². The number of rotatable bonds is 4. The first kappa shape index (κ1) is 12.7. The molecule has 6 nitrogen and oxygen atoms in total. The fraction of sp³-hybridized carbons (Fsp3) is 0.182. The van der Waals surface area contributed by atoms with Crippen LogP contribution in [0.15, 0.2) is 46.0 Å². The van der Waals surface area contributed by atoms with Crippen LogP contribution in [0.5, 0.6) is 0 Å². The summed E-state index contributed by atoms with van der Waals surface area (Å²) in [6.45, 7) is 1.85. The van der Waals surface area contributed by atoms with Crippen LogP contribution >= 0.6 is 0 Å². The molecule has 0 radical (unpaired) electrons. The van der Waals surface area contributed by atoms with E-state index in [2.05, 4.69) is 4.99 Å². The zero-order chi connectivity index (χ0) is 12.8. The van der Waals surface area contributed by atoms with Gasteiger partial charge in [0.2, 0.25) is 0 Å². The molecule has 0 unspecified atom stereocenters. The molecule has 1 aromatic rings. The zero-order valence-electron chi connectivity index (χ0n) is 9.46. The van der Waals surface area contributed by atoms with Crippen molar-refractivity contribution in [1.82, 2.24) is 4.57 Å². The molecule has 0 aromatic carbocycles. The molecule has 0 spiro atoms. The average molecular weight is 234 g/mol. The number of pyridine rings is 1. The van der Waals surface area contributed by atoms with Crippen molar-refractivity contribution in [2.24, 2.45) is 16.5 Å². The second-order valence-electron chi connectivity index (χ2n) is 3.41. The van der Waals surface area contributed by atoms with Gasteiger partial charge in [0.1, 0.15) is 6.67 Å². The summed E-state index contributed by atoms with van der Waals surface area (Å²) in [7, 11) is 0. The number of hydrogen-bond acceptors (Lipinski definition) is 4. The molecule has 0 fully saturated rings. The van der Waals surface area contributed by atoms with Gasteiger partial charge in [-0.2, -0.15) is 0 Å². The van der Waals surface area contributed by atoms with Crippen LogP contribution in [0.25, 0.3) is 0 Å². The Labute approximate surface area is 98.3 Å². The van der Waals surface area contributed by atoms with Gasteiger partial charge in [-0.1, -0.05) is 6.07 Å². The number of hydrogen-bond donors (Lipinski definition) is 2. The molecule has 1 heterocycles. The van der Waals surface area contributed by atoms with Gasteiger partial charge in [-0.25, -0.2) is 0 Å². The minimum absolute atomic E-state index is 0.0633. The van der Waals surface area contributed by atoms with E-state index in [-0.39, 0.29) is 17.9 Å². The van der Waals surface area contributed by atoms with Gasteiger partial charge in [0.15, 0.2) is 0 Å². The maximum Gasteiger partial charge on any atom is 0.264 e. The molecule has 0 aliphatic heterocycles. The Morgan fingerprint density at radius 3 is 2.76 bits per heavy atom. The summed E-state index contributed by atoms with van der Waals surface area (Å²) in [5.41, 5.74) is 10.6. The fourth-order valence-electron chi connectivity index (χ4n) is 1.11. The minimum atomic E-state index is -0.698. The van der Waals surface area contributed by atoms with Gasteiger partial charge in [-0.3, -0.25) is 19.1 Å². The van der Waals surface area contributed by atoms with E-state index < -0.39 is 5.91 Å². The number of primary amides is 1. The van der Waals surface area contributed by atoms with Crippen molar-refractivity contribution >= 4 is 11.6 Å². The van der Waals surface area contributed by atoms with Gasteiger partial charge in [0, 0.05) is 18.0 Å². The lowest BCUT2D eigenvalue weighted by atomic mass is 10.3. The lowest BCUT2D eigenvalue weighted by Crippen LogP contribution is -2.21. The second-order valence-corrected chi connectivity index (χ2v) is 3.41. The molecule has 1 amide bonds. The normalized spacial score (nSPS) is 12.5. The van der Waals surface area contributed by atoms with Gasteiger partial charge in [-0.05, 0) is 19.1 Å². The maximum atomic E-state index is 11.3. The van der Waals surface area contributed by atoms with Gasteiger partial charge >= 0.3 is 0 Å². The van der Waals surface area contributed by atoms with Crippen molar-refractivity contribution < 1.29 is 4.79 Å². The van der Waals surface area contributed by atoms with E-state index in [1.165, 1.54) is 16.7 Å². The van der Waals surface area contributed by atoms with E-state index in [4.69, 9.17) is 11.5 Å². The van der Waals surface area contributed by atoms with E-state index in [1.807, 2.05) is 0 Å². The van der Waals surface area contributed by atoms with E-state index in [0.717, 1.165) is 0 Å². The minimum Gasteiger partial charge on any atom is -0.394 e. The quantitative estimate of drug-likeness (QED) is 0.547. The number of aromatic nitrogens is 1. The smallest absolute Gasteiger partial charge is 0.264 e.